The van der Waals surface area contributed by atoms with E-state index < -0.39 is 10.5 Å². The summed E-state index contributed by atoms with van der Waals surface area (Å²) in [6.45, 7) is 2.03. The number of nitrogens with zero attached hydrogens (tertiary/aromatic N) is 1. The third-order valence-corrected chi connectivity index (χ3v) is 3.41. The molecule has 0 heterocycles. The van der Waals surface area contributed by atoms with E-state index in [1.54, 1.807) is 6.07 Å². The van der Waals surface area contributed by atoms with Crippen LogP contribution < -0.4 is 4.74 Å². The Morgan fingerprint density at radius 1 is 1.44 bits per heavy atom. The third kappa shape index (κ3) is 2.79. The number of aliphatic hydroxyl groups is 1. The fourth-order valence-corrected chi connectivity index (χ4v) is 2.25. The molecule has 98 valence electrons. The number of aryl methyl sites for hydroxylation is 1. The monoisotopic (exact) mass is 251 g/mol. The van der Waals surface area contributed by atoms with Crippen LogP contribution in [0.3, 0.4) is 0 Å². The Labute approximate surface area is 106 Å². The van der Waals surface area contributed by atoms with Gasteiger partial charge in [0.05, 0.1) is 16.6 Å². The molecule has 18 heavy (non-hydrogen) atoms. The molecule has 0 atom stereocenters. The fourth-order valence-electron chi connectivity index (χ4n) is 2.25. The van der Waals surface area contributed by atoms with E-state index in [2.05, 4.69) is 0 Å². The predicted octanol–water partition coefficient (Wildman–Crippen LogP) is 2.59. The van der Waals surface area contributed by atoms with Crippen molar-refractivity contribution < 1.29 is 14.8 Å². The molecule has 2 rings (SSSR count). The SMILES string of the molecule is Cc1ccc([N+](=O)[O-])cc1OCC1(O)CCCC1. The molecular weight excluding hydrogens is 234 g/mol. The number of non-ortho nitro benzene ring substituents is 1. The minimum Gasteiger partial charge on any atom is -0.490 e. The molecule has 1 aliphatic carbocycles. The lowest BCUT2D eigenvalue weighted by molar-refractivity contribution is -0.385. The van der Waals surface area contributed by atoms with Crippen molar-refractivity contribution in [1.82, 2.24) is 0 Å². The Bertz CT molecular complexity index is 452. The first-order valence-electron chi connectivity index (χ1n) is 6.10. The van der Waals surface area contributed by atoms with Crippen LogP contribution in [0.1, 0.15) is 31.2 Å². The molecule has 1 fully saturated rings. The van der Waals surface area contributed by atoms with Crippen molar-refractivity contribution in [1.29, 1.82) is 0 Å². The van der Waals surface area contributed by atoms with Crippen LogP contribution in [0.5, 0.6) is 5.75 Å². The molecule has 0 saturated heterocycles. The zero-order chi connectivity index (χ0) is 13.2. The first-order chi connectivity index (χ1) is 8.50. The van der Waals surface area contributed by atoms with Crippen LogP contribution in [0, 0.1) is 17.0 Å². The third-order valence-electron chi connectivity index (χ3n) is 3.41. The summed E-state index contributed by atoms with van der Waals surface area (Å²) in [5.74, 6) is 0.476. The topological polar surface area (TPSA) is 72.6 Å². The van der Waals surface area contributed by atoms with Gasteiger partial charge in [0.2, 0.25) is 0 Å². The smallest absolute Gasteiger partial charge is 0.273 e. The fraction of sp³-hybridized carbons (Fsp3) is 0.538. The molecular formula is C13H17NO4. The Morgan fingerprint density at radius 3 is 2.72 bits per heavy atom. The number of nitro benzene ring substituents is 1. The molecule has 0 spiro atoms. The predicted molar refractivity (Wildman–Crippen MR) is 66.7 cm³/mol. The Hall–Kier alpha value is -1.62. The highest BCUT2D eigenvalue weighted by Gasteiger charge is 2.32. The van der Waals surface area contributed by atoms with Crippen LogP contribution in [0.25, 0.3) is 0 Å². The van der Waals surface area contributed by atoms with E-state index in [0.29, 0.717) is 5.75 Å². The lowest BCUT2D eigenvalue weighted by Gasteiger charge is -2.22. The lowest BCUT2D eigenvalue weighted by Crippen LogP contribution is -2.32. The van der Waals surface area contributed by atoms with Gasteiger partial charge in [0.1, 0.15) is 12.4 Å². The van der Waals surface area contributed by atoms with E-state index in [-0.39, 0.29) is 12.3 Å². The van der Waals surface area contributed by atoms with Gasteiger partial charge in [0.25, 0.3) is 5.69 Å². The maximum atomic E-state index is 10.7. The number of hydrogen-bond acceptors (Lipinski definition) is 4. The molecule has 0 aromatic heterocycles. The molecule has 1 N–H and O–H groups in total. The number of nitro groups is 1. The van der Waals surface area contributed by atoms with E-state index in [0.717, 1.165) is 31.2 Å². The van der Waals surface area contributed by atoms with Crippen molar-refractivity contribution in [2.75, 3.05) is 6.61 Å². The molecule has 0 aliphatic heterocycles. The largest absolute Gasteiger partial charge is 0.490 e. The maximum Gasteiger partial charge on any atom is 0.273 e. The van der Waals surface area contributed by atoms with Crippen molar-refractivity contribution in [2.45, 2.75) is 38.2 Å². The average molecular weight is 251 g/mol. The van der Waals surface area contributed by atoms with Gasteiger partial charge >= 0.3 is 0 Å². The van der Waals surface area contributed by atoms with Crippen LogP contribution >= 0.6 is 0 Å². The Balaban J connectivity index is 2.08. The molecule has 1 aromatic rings. The van der Waals surface area contributed by atoms with E-state index in [4.69, 9.17) is 4.74 Å². The van der Waals surface area contributed by atoms with Crippen LogP contribution in [-0.2, 0) is 0 Å². The second-order valence-corrected chi connectivity index (χ2v) is 4.93. The van der Waals surface area contributed by atoms with Gasteiger partial charge < -0.3 is 9.84 Å². The minimum atomic E-state index is -0.767. The average Bonchev–Trinajstić information content (AvgIpc) is 2.75. The second-order valence-electron chi connectivity index (χ2n) is 4.93. The standard InChI is InChI=1S/C13H17NO4/c1-10-4-5-11(14(16)17)8-12(10)18-9-13(15)6-2-3-7-13/h4-5,8,15H,2-3,6-7,9H2,1H3. The summed E-state index contributed by atoms with van der Waals surface area (Å²) in [5, 5.41) is 20.9. The number of ether oxygens (including phenoxy) is 1. The van der Waals surface area contributed by atoms with Crippen LogP contribution in [0.4, 0.5) is 5.69 Å². The summed E-state index contributed by atoms with van der Waals surface area (Å²) < 4.78 is 5.56. The minimum absolute atomic E-state index is 0.00834. The van der Waals surface area contributed by atoms with E-state index in [9.17, 15) is 15.2 Å². The van der Waals surface area contributed by atoms with Gasteiger partial charge in [-0.3, -0.25) is 10.1 Å². The molecule has 1 aromatic carbocycles. The van der Waals surface area contributed by atoms with E-state index in [1.165, 1.54) is 12.1 Å². The Kier molecular flexibility index (Phi) is 3.52. The maximum absolute atomic E-state index is 10.7. The highest BCUT2D eigenvalue weighted by molar-refractivity contribution is 5.43. The zero-order valence-corrected chi connectivity index (χ0v) is 10.4. The summed E-state index contributed by atoms with van der Waals surface area (Å²) in [6.07, 6.45) is 3.49. The number of benzene rings is 1. The first-order valence-corrected chi connectivity index (χ1v) is 6.10. The van der Waals surface area contributed by atoms with Gasteiger partial charge in [-0.2, -0.15) is 0 Å². The zero-order valence-electron chi connectivity index (χ0n) is 10.4. The lowest BCUT2D eigenvalue weighted by atomic mass is 10.0. The highest BCUT2D eigenvalue weighted by atomic mass is 16.6. The normalized spacial score (nSPS) is 17.7. The van der Waals surface area contributed by atoms with Crippen molar-refractivity contribution in [2.24, 2.45) is 0 Å². The van der Waals surface area contributed by atoms with Crippen LogP contribution in [-0.4, -0.2) is 22.2 Å². The van der Waals surface area contributed by atoms with Gasteiger partial charge in [0.15, 0.2) is 0 Å². The van der Waals surface area contributed by atoms with Gasteiger partial charge in [-0.15, -0.1) is 0 Å². The van der Waals surface area contributed by atoms with Gasteiger partial charge in [-0.25, -0.2) is 0 Å². The molecule has 1 aliphatic rings. The quantitative estimate of drug-likeness (QED) is 0.659. The molecule has 0 radical (unpaired) electrons. The van der Waals surface area contributed by atoms with Crippen molar-refractivity contribution in [3.63, 3.8) is 0 Å². The van der Waals surface area contributed by atoms with Gasteiger partial charge in [0, 0.05) is 6.07 Å². The van der Waals surface area contributed by atoms with Crippen molar-refractivity contribution in [3.8, 4) is 5.75 Å². The van der Waals surface area contributed by atoms with Crippen molar-refractivity contribution in [3.05, 3.63) is 33.9 Å². The number of rotatable bonds is 4. The Morgan fingerprint density at radius 2 is 2.11 bits per heavy atom. The molecule has 1 saturated carbocycles. The molecule has 5 nitrogen and oxygen atoms in total. The number of hydrogen-bond donors (Lipinski definition) is 1. The van der Waals surface area contributed by atoms with Crippen LogP contribution in [0.2, 0.25) is 0 Å². The summed E-state index contributed by atoms with van der Waals surface area (Å²) in [5.41, 5.74) is 0.0769. The van der Waals surface area contributed by atoms with Gasteiger partial charge in [-0.05, 0) is 31.4 Å². The highest BCUT2D eigenvalue weighted by Crippen LogP contribution is 2.31. The van der Waals surface area contributed by atoms with E-state index in [1.807, 2.05) is 6.92 Å². The van der Waals surface area contributed by atoms with Crippen LogP contribution in [0.15, 0.2) is 18.2 Å². The molecule has 0 unspecified atom stereocenters. The second kappa shape index (κ2) is 4.94. The van der Waals surface area contributed by atoms with Crippen molar-refractivity contribution >= 4 is 5.69 Å². The summed E-state index contributed by atoms with van der Waals surface area (Å²) in [7, 11) is 0. The summed E-state index contributed by atoms with van der Waals surface area (Å²) in [6, 6.07) is 4.52. The molecule has 5 heteroatoms. The summed E-state index contributed by atoms with van der Waals surface area (Å²) in [4.78, 5) is 10.2. The van der Waals surface area contributed by atoms with Gasteiger partial charge in [-0.1, -0.05) is 12.8 Å². The summed E-state index contributed by atoms with van der Waals surface area (Å²) >= 11 is 0. The molecule has 0 amide bonds. The first kappa shape index (κ1) is 12.8. The molecule has 0 bridgehead atoms. The van der Waals surface area contributed by atoms with E-state index >= 15 is 0 Å².